The number of methoxy groups -OCH3 is 1. The summed E-state index contributed by atoms with van der Waals surface area (Å²) in [6, 6.07) is 8.65. The maximum Gasteiger partial charge on any atom is 0.421 e. The lowest BCUT2D eigenvalue weighted by Gasteiger charge is -2.18. The number of phenols is 1. The molecule has 3 aromatic rings. The molecule has 0 bridgehead atoms. The van der Waals surface area contributed by atoms with Crippen molar-refractivity contribution in [2.45, 2.75) is 12.3 Å². The molecular formula is C20H17Cl2F3N4O3. The maximum absolute atomic E-state index is 13.4. The van der Waals surface area contributed by atoms with Crippen LogP contribution < -0.4 is 15.4 Å². The van der Waals surface area contributed by atoms with Crippen LogP contribution in [0.3, 0.4) is 0 Å². The molecule has 0 spiro atoms. The van der Waals surface area contributed by atoms with Gasteiger partial charge in [-0.25, -0.2) is 4.98 Å². The van der Waals surface area contributed by atoms with Gasteiger partial charge in [-0.05, 0) is 35.9 Å². The zero-order chi connectivity index (χ0) is 23.5. The van der Waals surface area contributed by atoms with E-state index < -0.39 is 23.7 Å². The van der Waals surface area contributed by atoms with Crippen LogP contribution in [0.5, 0.6) is 11.5 Å². The molecule has 3 rings (SSSR count). The molecule has 32 heavy (non-hydrogen) atoms. The topological polar surface area (TPSA) is 99.5 Å². The number of hydrogen-bond acceptors (Lipinski definition) is 7. The largest absolute Gasteiger partial charge is 0.504 e. The van der Waals surface area contributed by atoms with E-state index in [1.54, 1.807) is 6.07 Å². The van der Waals surface area contributed by atoms with Crippen LogP contribution in [-0.4, -0.2) is 33.8 Å². The van der Waals surface area contributed by atoms with Crippen LogP contribution in [0.15, 0.2) is 42.6 Å². The third-order valence-electron chi connectivity index (χ3n) is 4.32. The molecule has 0 aliphatic carbocycles. The van der Waals surface area contributed by atoms with E-state index >= 15 is 0 Å². The average molecular weight is 489 g/mol. The fourth-order valence-electron chi connectivity index (χ4n) is 2.70. The highest BCUT2D eigenvalue weighted by Gasteiger charge is 2.35. The van der Waals surface area contributed by atoms with Gasteiger partial charge in [0.2, 0.25) is 5.95 Å². The van der Waals surface area contributed by atoms with Gasteiger partial charge in [-0.3, -0.25) is 0 Å². The number of aromatic hydroxyl groups is 1. The molecule has 0 radical (unpaired) electrons. The third kappa shape index (κ3) is 5.64. The standard InChI is InChI=1S/C20H17Cl2F3N4O3/c1-32-17-6-10(2-5-15(17)30)16(31)9-26-18-12(20(23,24)25)8-27-19(29-18)28-11-3-4-13(21)14(22)7-11/h2-8,16,30-31H,9H2,1H3,(H2,26,27,28,29). The number of alkyl halides is 3. The Hall–Kier alpha value is -2.95. The molecule has 0 fully saturated rings. The molecular weight excluding hydrogens is 472 g/mol. The minimum atomic E-state index is -4.73. The predicted molar refractivity (Wildman–Crippen MR) is 115 cm³/mol. The van der Waals surface area contributed by atoms with Crippen molar-refractivity contribution in [3.05, 3.63) is 63.8 Å². The molecule has 1 atom stereocenters. The van der Waals surface area contributed by atoms with Crippen LogP contribution in [-0.2, 0) is 6.18 Å². The first-order valence-electron chi connectivity index (χ1n) is 9.03. The third-order valence-corrected chi connectivity index (χ3v) is 5.06. The van der Waals surface area contributed by atoms with Gasteiger partial charge in [0.25, 0.3) is 0 Å². The molecule has 170 valence electrons. The highest BCUT2D eigenvalue weighted by Crippen LogP contribution is 2.35. The van der Waals surface area contributed by atoms with Gasteiger partial charge in [-0.2, -0.15) is 18.2 Å². The minimum absolute atomic E-state index is 0.118. The lowest BCUT2D eigenvalue weighted by atomic mass is 10.1. The van der Waals surface area contributed by atoms with Gasteiger partial charge in [0, 0.05) is 18.4 Å². The summed E-state index contributed by atoms with van der Waals surface area (Å²) in [5.74, 6) is -0.670. The lowest BCUT2D eigenvalue weighted by Crippen LogP contribution is -2.18. The molecule has 1 unspecified atom stereocenters. The minimum Gasteiger partial charge on any atom is -0.504 e. The van der Waals surface area contributed by atoms with E-state index in [-0.39, 0.29) is 29.0 Å². The number of aliphatic hydroxyl groups excluding tert-OH is 1. The Morgan fingerprint density at radius 1 is 1.12 bits per heavy atom. The van der Waals surface area contributed by atoms with Crippen molar-refractivity contribution in [3.63, 3.8) is 0 Å². The average Bonchev–Trinajstić information content (AvgIpc) is 2.74. The van der Waals surface area contributed by atoms with Crippen molar-refractivity contribution in [2.24, 2.45) is 0 Å². The molecule has 4 N–H and O–H groups in total. The Morgan fingerprint density at radius 3 is 2.53 bits per heavy atom. The summed E-state index contributed by atoms with van der Waals surface area (Å²) in [5.41, 5.74) is -0.363. The Labute approximate surface area is 190 Å². The number of nitrogens with zero attached hydrogens (tertiary/aromatic N) is 2. The van der Waals surface area contributed by atoms with Crippen LogP contribution in [0, 0.1) is 0 Å². The molecule has 0 saturated carbocycles. The quantitative estimate of drug-likeness (QED) is 0.353. The number of benzene rings is 2. The zero-order valence-electron chi connectivity index (χ0n) is 16.4. The van der Waals surface area contributed by atoms with E-state index in [4.69, 9.17) is 27.9 Å². The maximum atomic E-state index is 13.4. The van der Waals surface area contributed by atoms with E-state index in [1.165, 1.54) is 37.4 Å². The molecule has 1 aromatic heterocycles. The second kappa shape index (κ2) is 9.68. The number of aromatic nitrogens is 2. The Morgan fingerprint density at radius 2 is 1.88 bits per heavy atom. The Kier molecular flexibility index (Phi) is 7.17. The molecule has 0 amide bonds. The summed E-state index contributed by atoms with van der Waals surface area (Å²) in [5, 5.41) is 25.8. The number of anilines is 3. The normalized spacial score (nSPS) is 12.3. The zero-order valence-corrected chi connectivity index (χ0v) is 17.9. The smallest absolute Gasteiger partial charge is 0.421 e. The Balaban J connectivity index is 1.83. The summed E-state index contributed by atoms with van der Waals surface area (Å²) in [6.45, 7) is -0.305. The van der Waals surface area contributed by atoms with Crippen molar-refractivity contribution in [2.75, 3.05) is 24.3 Å². The summed E-state index contributed by atoms with van der Waals surface area (Å²) in [7, 11) is 1.34. The number of aliphatic hydroxyl groups is 1. The van der Waals surface area contributed by atoms with Crippen LogP contribution in [0.25, 0.3) is 0 Å². The second-order valence-electron chi connectivity index (χ2n) is 6.54. The van der Waals surface area contributed by atoms with Crippen molar-refractivity contribution < 1.29 is 28.1 Å². The molecule has 0 saturated heterocycles. The number of hydrogen-bond donors (Lipinski definition) is 4. The molecule has 2 aromatic carbocycles. The van der Waals surface area contributed by atoms with E-state index in [1.807, 2.05) is 0 Å². The van der Waals surface area contributed by atoms with Gasteiger partial charge in [0.15, 0.2) is 11.5 Å². The van der Waals surface area contributed by atoms with Gasteiger partial charge < -0.3 is 25.6 Å². The van der Waals surface area contributed by atoms with Gasteiger partial charge in [-0.1, -0.05) is 29.3 Å². The van der Waals surface area contributed by atoms with Crippen molar-refractivity contribution in [3.8, 4) is 11.5 Å². The van der Waals surface area contributed by atoms with Crippen LogP contribution in [0.4, 0.5) is 30.6 Å². The second-order valence-corrected chi connectivity index (χ2v) is 7.35. The molecule has 7 nitrogen and oxygen atoms in total. The summed E-state index contributed by atoms with van der Waals surface area (Å²) in [4.78, 5) is 7.60. The highest BCUT2D eigenvalue weighted by molar-refractivity contribution is 6.42. The first-order valence-corrected chi connectivity index (χ1v) is 9.79. The number of halogens is 5. The van der Waals surface area contributed by atoms with E-state index in [9.17, 15) is 23.4 Å². The Bertz CT molecular complexity index is 1120. The molecule has 1 heterocycles. The first-order chi connectivity index (χ1) is 15.1. The van der Waals surface area contributed by atoms with Crippen LogP contribution in [0.1, 0.15) is 17.2 Å². The summed E-state index contributed by atoms with van der Waals surface area (Å²) < 4.78 is 45.2. The fraction of sp³-hybridized carbons (Fsp3) is 0.200. The molecule has 12 heteroatoms. The fourth-order valence-corrected chi connectivity index (χ4v) is 3.00. The summed E-state index contributed by atoms with van der Waals surface area (Å²) >= 11 is 11.8. The lowest BCUT2D eigenvalue weighted by molar-refractivity contribution is -0.137. The number of phenolic OH excluding ortho intramolecular Hbond substituents is 1. The van der Waals surface area contributed by atoms with E-state index in [0.29, 0.717) is 22.5 Å². The van der Waals surface area contributed by atoms with Crippen LogP contribution in [0.2, 0.25) is 10.0 Å². The van der Waals surface area contributed by atoms with Gasteiger partial charge in [-0.15, -0.1) is 0 Å². The van der Waals surface area contributed by atoms with Gasteiger partial charge >= 0.3 is 6.18 Å². The number of ether oxygens (including phenoxy) is 1. The van der Waals surface area contributed by atoms with Gasteiger partial charge in [0.05, 0.1) is 23.3 Å². The van der Waals surface area contributed by atoms with E-state index in [0.717, 1.165) is 0 Å². The highest BCUT2D eigenvalue weighted by atomic mass is 35.5. The van der Waals surface area contributed by atoms with E-state index in [2.05, 4.69) is 20.6 Å². The van der Waals surface area contributed by atoms with Crippen molar-refractivity contribution in [1.82, 2.24) is 9.97 Å². The van der Waals surface area contributed by atoms with Crippen molar-refractivity contribution >= 4 is 40.7 Å². The summed E-state index contributed by atoms with van der Waals surface area (Å²) in [6.07, 6.45) is -5.31. The monoisotopic (exact) mass is 488 g/mol. The predicted octanol–water partition coefficient (Wildman–Crippen LogP) is 5.41. The first kappa shape index (κ1) is 23.7. The van der Waals surface area contributed by atoms with Gasteiger partial charge in [0.1, 0.15) is 11.4 Å². The van der Waals surface area contributed by atoms with Crippen LogP contribution >= 0.6 is 23.2 Å². The number of nitrogens with one attached hydrogen (secondary N) is 2. The molecule has 0 aliphatic rings. The number of rotatable bonds is 7. The van der Waals surface area contributed by atoms with Crippen molar-refractivity contribution in [1.29, 1.82) is 0 Å². The SMILES string of the molecule is COc1cc(C(O)CNc2nc(Nc3ccc(Cl)c(Cl)c3)ncc2C(F)(F)F)ccc1O. The molecule has 0 aliphatic heterocycles.